The zero-order valence-corrected chi connectivity index (χ0v) is 12.7. The van der Waals surface area contributed by atoms with Gasteiger partial charge in [-0.1, -0.05) is 0 Å². The summed E-state index contributed by atoms with van der Waals surface area (Å²) in [4.78, 5) is 8.04. The van der Waals surface area contributed by atoms with Gasteiger partial charge in [0.1, 0.15) is 0 Å². The van der Waals surface area contributed by atoms with Crippen molar-refractivity contribution in [1.29, 1.82) is 0 Å². The minimum atomic E-state index is 0.856. The van der Waals surface area contributed by atoms with Gasteiger partial charge in [0.25, 0.3) is 0 Å². The van der Waals surface area contributed by atoms with Gasteiger partial charge < -0.3 is 10.2 Å². The number of rotatable bonds is 4. The van der Waals surface area contributed by atoms with Crippen molar-refractivity contribution in [1.82, 2.24) is 4.98 Å². The van der Waals surface area contributed by atoms with Crippen LogP contribution in [0.4, 0.5) is 11.4 Å². The number of aromatic nitrogens is 1. The standard InChI is InChI=1S/C16H21N3S/c1-13-17-11-16(20-13)12-18-14-5-7-15(8-6-14)19-9-3-2-4-10-19/h5-8,11,18H,2-4,9-10,12H2,1H3. The highest BCUT2D eigenvalue weighted by molar-refractivity contribution is 7.11. The molecule has 1 aliphatic heterocycles. The summed E-state index contributed by atoms with van der Waals surface area (Å²) in [6, 6.07) is 8.81. The number of nitrogens with one attached hydrogen (secondary N) is 1. The van der Waals surface area contributed by atoms with E-state index in [1.165, 1.54) is 48.6 Å². The first-order valence-electron chi connectivity index (χ1n) is 7.31. The van der Waals surface area contributed by atoms with E-state index in [0.29, 0.717) is 0 Å². The molecule has 0 atom stereocenters. The molecule has 0 saturated carbocycles. The van der Waals surface area contributed by atoms with E-state index < -0.39 is 0 Å². The Hall–Kier alpha value is -1.55. The normalized spacial score (nSPS) is 15.3. The van der Waals surface area contributed by atoms with Crippen molar-refractivity contribution in [2.75, 3.05) is 23.3 Å². The van der Waals surface area contributed by atoms with Crippen LogP contribution in [-0.2, 0) is 6.54 Å². The monoisotopic (exact) mass is 287 g/mol. The van der Waals surface area contributed by atoms with Crippen molar-refractivity contribution in [3.63, 3.8) is 0 Å². The van der Waals surface area contributed by atoms with Crippen molar-refractivity contribution in [2.24, 2.45) is 0 Å². The van der Waals surface area contributed by atoms with E-state index in [0.717, 1.165) is 11.6 Å². The Bertz CT molecular complexity index is 541. The summed E-state index contributed by atoms with van der Waals surface area (Å²) in [6.45, 7) is 5.30. The fourth-order valence-corrected chi connectivity index (χ4v) is 3.35. The van der Waals surface area contributed by atoms with Crippen LogP contribution in [0.2, 0.25) is 0 Å². The molecule has 0 aliphatic carbocycles. The van der Waals surface area contributed by atoms with E-state index in [-0.39, 0.29) is 0 Å². The summed E-state index contributed by atoms with van der Waals surface area (Å²) in [7, 11) is 0. The zero-order chi connectivity index (χ0) is 13.8. The average molecular weight is 287 g/mol. The van der Waals surface area contributed by atoms with Gasteiger partial charge in [0.2, 0.25) is 0 Å². The predicted molar refractivity (Wildman–Crippen MR) is 86.7 cm³/mol. The van der Waals surface area contributed by atoms with Gasteiger partial charge in [-0.05, 0) is 50.5 Å². The Morgan fingerprint density at radius 2 is 1.90 bits per heavy atom. The van der Waals surface area contributed by atoms with Gasteiger partial charge in [0.15, 0.2) is 0 Å². The van der Waals surface area contributed by atoms with Crippen LogP contribution >= 0.6 is 11.3 Å². The maximum atomic E-state index is 4.28. The van der Waals surface area contributed by atoms with Crippen LogP contribution in [0.15, 0.2) is 30.5 Å². The third-order valence-electron chi connectivity index (χ3n) is 3.72. The minimum Gasteiger partial charge on any atom is -0.380 e. The molecule has 0 spiro atoms. The maximum Gasteiger partial charge on any atom is 0.0897 e. The molecular weight excluding hydrogens is 266 g/mol. The molecule has 0 amide bonds. The van der Waals surface area contributed by atoms with Gasteiger partial charge in [-0.3, -0.25) is 0 Å². The lowest BCUT2D eigenvalue weighted by molar-refractivity contribution is 0.578. The molecule has 0 radical (unpaired) electrons. The topological polar surface area (TPSA) is 28.2 Å². The van der Waals surface area contributed by atoms with Gasteiger partial charge in [-0.2, -0.15) is 0 Å². The lowest BCUT2D eigenvalue weighted by atomic mass is 10.1. The van der Waals surface area contributed by atoms with Crippen molar-refractivity contribution in [3.8, 4) is 0 Å². The van der Waals surface area contributed by atoms with E-state index in [9.17, 15) is 0 Å². The van der Waals surface area contributed by atoms with Crippen LogP contribution in [0.3, 0.4) is 0 Å². The van der Waals surface area contributed by atoms with Crippen LogP contribution in [-0.4, -0.2) is 18.1 Å². The predicted octanol–water partition coefficient (Wildman–Crippen LogP) is 4.05. The van der Waals surface area contributed by atoms with E-state index >= 15 is 0 Å². The van der Waals surface area contributed by atoms with Crippen molar-refractivity contribution in [3.05, 3.63) is 40.3 Å². The Morgan fingerprint density at radius 1 is 1.15 bits per heavy atom. The third kappa shape index (κ3) is 3.31. The lowest BCUT2D eigenvalue weighted by Crippen LogP contribution is -2.29. The van der Waals surface area contributed by atoms with Crippen LogP contribution in [0.5, 0.6) is 0 Å². The first kappa shape index (κ1) is 13.4. The third-order valence-corrected chi connectivity index (χ3v) is 4.64. The van der Waals surface area contributed by atoms with Crippen molar-refractivity contribution >= 4 is 22.7 Å². The molecule has 2 aromatic rings. The summed E-state index contributed by atoms with van der Waals surface area (Å²) in [5, 5.41) is 4.58. The second-order valence-electron chi connectivity index (χ2n) is 5.29. The summed E-state index contributed by atoms with van der Waals surface area (Å²) in [5.74, 6) is 0. The maximum absolute atomic E-state index is 4.28. The minimum absolute atomic E-state index is 0.856. The Kier molecular flexibility index (Phi) is 4.21. The quantitative estimate of drug-likeness (QED) is 0.919. The number of hydrogen-bond donors (Lipinski definition) is 1. The molecule has 0 bridgehead atoms. The first-order chi connectivity index (χ1) is 9.81. The molecule has 1 saturated heterocycles. The summed E-state index contributed by atoms with van der Waals surface area (Å²) < 4.78 is 0. The molecule has 3 nitrogen and oxygen atoms in total. The SMILES string of the molecule is Cc1ncc(CNc2ccc(N3CCCCC3)cc2)s1. The molecule has 4 heteroatoms. The van der Waals surface area contributed by atoms with Crippen molar-refractivity contribution < 1.29 is 0 Å². The number of thiazole rings is 1. The first-order valence-corrected chi connectivity index (χ1v) is 8.13. The Morgan fingerprint density at radius 3 is 2.55 bits per heavy atom. The van der Waals surface area contributed by atoms with E-state index in [1.54, 1.807) is 11.3 Å². The highest BCUT2D eigenvalue weighted by Gasteiger charge is 2.10. The summed E-state index contributed by atoms with van der Waals surface area (Å²) in [5.41, 5.74) is 2.53. The average Bonchev–Trinajstić information content (AvgIpc) is 2.92. The fourth-order valence-electron chi connectivity index (χ4n) is 2.62. The highest BCUT2D eigenvalue weighted by atomic mass is 32.1. The fraction of sp³-hybridized carbons (Fsp3) is 0.438. The van der Waals surface area contributed by atoms with Gasteiger partial charge >= 0.3 is 0 Å². The molecule has 1 fully saturated rings. The molecule has 1 N–H and O–H groups in total. The van der Waals surface area contributed by atoms with E-state index in [1.807, 2.05) is 13.1 Å². The van der Waals surface area contributed by atoms with Crippen LogP contribution < -0.4 is 10.2 Å². The summed E-state index contributed by atoms with van der Waals surface area (Å²) >= 11 is 1.75. The Balaban J connectivity index is 1.58. The van der Waals surface area contributed by atoms with Crippen LogP contribution in [0, 0.1) is 6.92 Å². The van der Waals surface area contributed by atoms with Crippen molar-refractivity contribution in [2.45, 2.75) is 32.7 Å². The molecule has 1 aliphatic rings. The zero-order valence-electron chi connectivity index (χ0n) is 11.9. The van der Waals surface area contributed by atoms with Gasteiger partial charge in [-0.15, -0.1) is 11.3 Å². The smallest absolute Gasteiger partial charge is 0.0897 e. The summed E-state index contributed by atoms with van der Waals surface area (Å²) in [6.07, 6.45) is 5.98. The van der Waals surface area contributed by atoms with Gasteiger partial charge in [-0.25, -0.2) is 4.98 Å². The van der Waals surface area contributed by atoms with Crippen LogP contribution in [0.1, 0.15) is 29.1 Å². The molecule has 0 unspecified atom stereocenters. The van der Waals surface area contributed by atoms with Gasteiger partial charge in [0, 0.05) is 35.5 Å². The number of aryl methyl sites for hydroxylation is 1. The molecule has 1 aromatic heterocycles. The molecule has 3 rings (SSSR count). The highest BCUT2D eigenvalue weighted by Crippen LogP contribution is 2.22. The molecule has 106 valence electrons. The van der Waals surface area contributed by atoms with Crippen LogP contribution in [0.25, 0.3) is 0 Å². The molecule has 2 heterocycles. The number of hydrogen-bond acceptors (Lipinski definition) is 4. The number of anilines is 2. The van der Waals surface area contributed by atoms with E-state index in [2.05, 4.69) is 39.5 Å². The molecule has 20 heavy (non-hydrogen) atoms. The second kappa shape index (κ2) is 6.27. The van der Waals surface area contributed by atoms with E-state index in [4.69, 9.17) is 0 Å². The molecule has 1 aromatic carbocycles. The number of piperidine rings is 1. The Labute approximate surface area is 124 Å². The molecular formula is C16H21N3S. The second-order valence-corrected chi connectivity index (χ2v) is 6.61. The van der Waals surface area contributed by atoms with Gasteiger partial charge in [0.05, 0.1) is 11.6 Å². The number of nitrogens with zero attached hydrogens (tertiary/aromatic N) is 2. The lowest BCUT2D eigenvalue weighted by Gasteiger charge is -2.28. The largest absolute Gasteiger partial charge is 0.380 e. The number of benzene rings is 1.